The number of hydrogen-bond donors (Lipinski definition) is 2. The average molecular weight is 398 g/mol. The minimum absolute atomic E-state index is 0.0962. The van der Waals surface area contributed by atoms with E-state index in [9.17, 15) is 14.4 Å². The highest BCUT2D eigenvalue weighted by molar-refractivity contribution is 7.18. The lowest BCUT2D eigenvalue weighted by molar-refractivity contribution is -0.116. The van der Waals surface area contributed by atoms with E-state index >= 15 is 0 Å². The van der Waals surface area contributed by atoms with Crippen LogP contribution in [0.4, 0.5) is 5.69 Å². The lowest BCUT2D eigenvalue weighted by atomic mass is 10.1. The first-order valence-corrected chi connectivity index (χ1v) is 9.86. The summed E-state index contributed by atoms with van der Waals surface area (Å²) in [6.07, 6.45) is 1.58. The maximum Gasteiger partial charge on any atom is 0.262 e. The fourth-order valence-electron chi connectivity index (χ4n) is 2.91. The Morgan fingerprint density at radius 3 is 2.71 bits per heavy atom. The number of rotatable bonds is 6. The van der Waals surface area contributed by atoms with Crippen molar-refractivity contribution in [3.05, 3.63) is 57.0 Å². The summed E-state index contributed by atoms with van der Waals surface area (Å²) < 4.78 is 1.46. The number of benzene rings is 1. The molecular formula is C20H22N4O3S. The number of anilines is 1. The molecule has 0 bridgehead atoms. The van der Waals surface area contributed by atoms with Crippen LogP contribution in [0.25, 0.3) is 10.2 Å². The van der Waals surface area contributed by atoms with E-state index < -0.39 is 0 Å². The highest BCUT2D eigenvalue weighted by atomic mass is 32.1. The van der Waals surface area contributed by atoms with Gasteiger partial charge in [-0.25, -0.2) is 4.98 Å². The van der Waals surface area contributed by atoms with Gasteiger partial charge in [-0.2, -0.15) is 0 Å². The van der Waals surface area contributed by atoms with Crippen molar-refractivity contribution in [1.82, 2.24) is 14.9 Å². The van der Waals surface area contributed by atoms with Crippen molar-refractivity contribution in [3.63, 3.8) is 0 Å². The van der Waals surface area contributed by atoms with E-state index in [4.69, 9.17) is 0 Å². The molecule has 0 atom stereocenters. The average Bonchev–Trinajstić information content (AvgIpc) is 2.96. The molecule has 2 aromatic heterocycles. The van der Waals surface area contributed by atoms with Gasteiger partial charge in [0.2, 0.25) is 5.91 Å². The van der Waals surface area contributed by atoms with Crippen LogP contribution in [0.1, 0.15) is 34.1 Å². The maximum absolute atomic E-state index is 12.7. The minimum atomic E-state index is -0.276. The number of amides is 2. The van der Waals surface area contributed by atoms with Gasteiger partial charge in [-0.1, -0.05) is 12.1 Å². The molecule has 3 rings (SSSR count). The largest absolute Gasteiger partial charge is 0.352 e. The number of para-hydroxylation sites is 1. The van der Waals surface area contributed by atoms with E-state index in [1.54, 1.807) is 24.3 Å². The zero-order valence-electron chi connectivity index (χ0n) is 16.0. The number of nitrogens with zero attached hydrogens (tertiary/aromatic N) is 2. The fraction of sp³-hybridized carbons (Fsp3) is 0.300. The maximum atomic E-state index is 12.7. The molecule has 0 fully saturated rings. The molecule has 2 amide bonds. The first kappa shape index (κ1) is 19.8. The molecule has 0 aliphatic heterocycles. The topological polar surface area (TPSA) is 93.1 Å². The molecule has 7 nitrogen and oxygen atoms in total. The summed E-state index contributed by atoms with van der Waals surface area (Å²) in [5.74, 6) is -0.519. The normalized spacial score (nSPS) is 10.8. The molecule has 0 aliphatic rings. The molecule has 2 heterocycles. The van der Waals surface area contributed by atoms with Gasteiger partial charge >= 0.3 is 0 Å². The van der Waals surface area contributed by atoms with Crippen molar-refractivity contribution in [2.45, 2.75) is 33.7 Å². The lowest BCUT2D eigenvalue weighted by Crippen LogP contribution is -2.26. The summed E-state index contributed by atoms with van der Waals surface area (Å²) in [5, 5.41) is 6.10. The van der Waals surface area contributed by atoms with Gasteiger partial charge in [0.15, 0.2) is 0 Å². The molecule has 2 N–H and O–H groups in total. The Labute approximate surface area is 166 Å². The van der Waals surface area contributed by atoms with Crippen molar-refractivity contribution in [1.29, 1.82) is 0 Å². The molecule has 146 valence electrons. The third-order valence-electron chi connectivity index (χ3n) is 4.52. The molecule has 0 aliphatic carbocycles. The SMILES string of the molecule is CCNC(=O)c1ccccc1NC(=O)CCn1cnc2sc(C)c(C)c2c1=O. The smallest absolute Gasteiger partial charge is 0.262 e. The van der Waals surface area contributed by atoms with E-state index in [0.717, 1.165) is 15.3 Å². The number of carbonyl (C=O) groups excluding carboxylic acids is 2. The van der Waals surface area contributed by atoms with E-state index in [1.165, 1.54) is 22.2 Å². The zero-order valence-corrected chi connectivity index (χ0v) is 16.9. The van der Waals surface area contributed by atoms with Crippen LogP contribution >= 0.6 is 11.3 Å². The first-order chi connectivity index (χ1) is 13.4. The van der Waals surface area contributed by atoms with Crippen LogP contribution in [0.3, 0.4) is 0 Å². The summed E-state index contributed by atoms with van der Waals surface area (Å²) in [6, 6.07) is 6.83. The molecule has 0 unspecified atom stereocenters. The van der Waals surface area contributed by atoms with E-state index in [2.05, 4.69) is 15.6 Å². The predicted octanol–water partition coefficient (Wildman–Crippen LogP) is 2.85. The summed E-state index contributed by atoms with van der Waals surface area (Å²) in [7, 11) is 0. The van der Waals surface area contributed by atoms with Gasteiger partial charge in [0.25, 0.3) is 11.5 Å². The molecule has 0 spiro atoms. The van der Waals surface area contributed by atoms with Crippen molar-refractivity contribution in [3.8, 4) is 0 Å². The van der Waals surface area contributed by atoms with Crippen LogP contribution in [-0.2, 0) is 11.3 Å². The standard InChI is InChI=1S/C20H22N4O3S/c1-4-21-18(26)14-7-5-6-8-15(14)23-16(25)9-10-24-11-22-19-17(20(24)27)12(2)13(3)28-19/h5-8,11H,4,9-10H2,1-3H3,(H,21,26)(H,23,25). The minimum Gasteiger partial charge on any atom is -0.352 e. The predicted molar refractivity (Wildman–Crippen MR) is 111 cm³/mol. The third kappa shape index (κ3) is 3.96. The molecule has 28 heavy (non-hydrogen) atoms. The second kappa shape index (κ2) is 8.35. The summed E-state index contributed by atoms with van der Waals surface area (Å²) in [4.78, 5) is 43.3. The van der Waals surface area contributed by atoms with Crippen LogP contribution in [0.2, 0.25) is 0 Å². The Morgan fingerprint density at radius 2 is 1.96 bits per heavy atom. The first-order valence-electron chi connectivity index (χ1n) is 9.04. The van der Waals surface area contributed by atoms with Gasteiger partial charge in [-0.15, -0.1) is 11.3 Å². The van der Waals surface area contributed by atoms with Crippen LogP contribution in [0.15, 0.2) is 35.4 Å². The van der Waals surface area contributed by atoms with Crippen molar-refractivity contribution in [2.75, 3.05) is 11.9 Å². The Hall–Kier alpha value is -3.00. The fourth-order valence-corrected chi connectivity index (χ4v) is 3.90. The molecule has 0 saturated heterocycles. The molecule has 3 aromatic rings. The van der Waals surface area contributed by atoms with Gasteiger partial charge in [0.05, 0.1) is 23.0 Å². The van der Waals surface area contributed by atoms with Crippen molar-refractivity contribution >= 4 is 39.1 Å². The Bertz CT molecular complexity index is 1100. The second-order valence-electron chi connectivity index (χ2n) is 6.41. The molecular weight excluding hydrogens is 376 g/mol. The number of fused-ring (bicyclic) bond motifs is 1. The number of aromatic nitrogens is 2. The Kier molecular flexibility index (Phi) is 5.89. The molecule has 0 radical (unpaired) electrons. The summed E-state index contributed by atoms with van der Waals surface area (Å²) >= 11 is 1.49. The lowest BCUT2D eigenvalue weighted by Gasteiger charge is -2.11. The summed E-state index contributed by atoms with van der Waals surface area (Å²) in [6.45, 7) is 6.42. The number of aryl methyl sites for hydroxylation is 3. The zero-order chi connectivity index (χ0) is 20.3. The van der Waals surface area contributed by atoms with Gasteiger partial charge in [-0.05, 0) is 38.5 Å². The quantitative estimate of drug-likeness (QED) is 0.668. The van der Waals surface area contributed by atoms with Gasteiger partial charge in [0.1, 0.15) is 4.83 Å². The van der Waals surface area contributed by atoms with Gasteiger partial charge in [-0.3, -0.25) is 19.0 Å². The Balaban J connectivity index is 1.73. The van der Waals surface area contributed by atoms with Crippen LogP contribution in [-0.4, -0.2) is 27.9 Å². The van der Waals surface area contributed by atoms with Crippen molar-refractivity contribution < 1.29 is 9.59 Å². The van der Waals surface area contributed by atoms with E-state index in [1.807, 2.05) is 20.8 Å². The van der Waals surface area contributed by atoms with Crippen LogP contribution in [0.5, 0.6) is 0 Å². The molecule has 1 aromatic carbocycles. The van der Waals surface area contributed by atoms with E-state index in [0.29, 0.717) is 23.2 Å². The monoisotopic (exact) mass is 398 g/mol. The van der Waals surface area contributed by atoms with Crippen LogP contribution in [0, 0.1) is 13.8 Å². The Morgan fingerprint density at radius 1 is 1.21 bits per heavy atom. The van der Waals surface area contributed by atoms with Crippen LogP contribution < -0.4 is 16.2 Å². The third-order valence-corrected chi connectivity index (χ3v) is 5.63. The van der Waals surface area contributed by atoms with E-state index in [-0.39, 0.29) is 30.3 Å². The highest BCUT2D eigenvalue weighted by Crippen LogP contribution is 2.25. The highest BCUT2D eigenvalue weighted by Gasteiger charge is 2.14. The number of nitrogens with one attached hydrogen (secondary N) is 2. The number of carbonyl (C=O) groups is 2. The molecule has 0 saturated carbocycles. The van der Waals surface area contributed by atoms with Gasteiger partial charge in [0, 0.05) is 24.4 Å². The van der Waals surface area contributed by atoms with Crippen molar-refractivity contribution in [2.24, 2.45) is 0 Å². The second-order valence-corrected chi connectivity index (χ2v) is 7.61. The summed E-state index contributed by atoms with van der Waals surface area (Å²) in [5.41, 5.74) is 1.65. The van der Waals surface area contributed by atoms with Gasteiger partial charge < -0.3 is 10.6 Å². The molecule has 8 heteroatoms. The number of thiophene rings is 1. The number of hydrogen-bond acceptors (Lipinski definition) is 5.